The van der Waals surface area contributed by atoms with Gasteiger partial charge < -0.3 is 15.8 Å². The van der Waals surface area contributed by atoms with Crippen LogP contribution in [0.2, 0.25) is 0 Å². The zero-order valence-electron chi connectivity index (χ0n) is 11.5. The Bertz CT molecular complexity index is 531. The molecule has 1 aromatic rings. The van der Waals surface area contributed by atoms with Crippen molar-refractivity contribution in [3.05, 3.63) is 29.3 Å². The molecule has 7 heteroatoms. The smallest absolute Gasteiger partial charge is 0.398 e. The number of nitrogens with one attached hydrogen (secondary N) is 1. The number of benzene rings is 1. The summed E-state index contributed by atoms with van der Waals surface area (Å²) in [6, 6.07) is 3.24. The Labute approximate surface area is 120 Å². The average molecular weight is 302 g/mol. The monoisotopic (exact) mass is 302 g/mol. The van der Waals surface area contributed by atoms with Gasteiger partial charge in [-0.25, -0.2) is 0 Å². The van der Waals surface area contributed by atoms with Crippen molar-refractivity contribution < 1.29 is 22.7 Å². The summed E-state index contributed by atoms with van der Waals surface area (Å²) in [5, 5.41) is 2.71. The minimum absolute atomic E-state index is 0.0779. The highest BCUT2D eigenvalue weighted by molar-refractivity contribution is 6.00. The molecule has 21 heavy (non-hydrogen) atoms. The van der Waals surface area contributed by atoms with Crippen molar-refractivity contribution in [2.24, 2.45) is 0 Å². The number of anilines is 1. The Balaban J connectivity index is 2.13. The third kappa shape index (κ3) is 3.47. The van der Waals surface area contributed by atoms with Gasteiger partial charge in [0, 0.05) is 13.2 Å². The van der Waals surface area contributed by atoms with E-state index in [1.165, 1.54) is 12.1 Å². The number of carbonyl (C=O) groups excluding carboxylic acids is 1. The number of alkyl halides is 3. The first kappa shape index (κ1) is 15.6. The van der Waals surface area contributed by atoms with Gasteiger partial charge in [-0.2, -0.15) is 13.2 Å². The van der Waals surface area contributed by atoms with E-state index in [-0.39, 0.29) is 17.7 Å². The number of ether oxygens (including phenoxy) is 1. The zero-order valence-corrected chi connectivity index (χ0v) is 11.5. The quantitative estimate of drug-likeness (QED) is 0.844. The summed E-state index contributed by atoms with van der Waals surface area (Å²) >= 11 is 0. The molecule has 1 aromatic carbocycles. The number of nitrogens with two attached hydrogens (primary N) is 1. The lowest BCUT2D eigenvalue weighted by Gasteiger charge is -2.16. The van der Waals surface area contributed by atoms with Gasteiger partial charge in [-0.1, -0.05) is 6.07 Å². The number of carbonyl (C=O) groups is 1. The molecule has 4 nitrogen and oxygen atoms in total. The minimum atomic E-state index is -4.57. The average Bonchev–Trinajstić information content (AvgIpc) is 2.85. The van der Waals surface area contributed by atoms with Crippen LogP contribution in [-0.4, -0.2) is 25.2 Å². The minimum Gasteiger partial charge on any atom is -0.398 e. The van der Waals surface area contributed by atoms with Gasteiger partial charge in [-0.15, -0.1) is 0 Å². The zero-order chi connectivity index (χ0) is 15.6. The fraction of sp³-hybridized carbons (Fsp3) is 0.500. The van der Waals surface area contributed by atoms with Crippen molar-refractivity contribution in [2.75, 3.05) is 12.8 Å². The maximum absolute atomic E-state index is 12.8. The van der Waals surface area contributed by atoms with Gasteiger partial charge >= 0.3 is 6.18 Å². The maximum atomic E-state index is 12.8. The van der Waals surface area contributed by atoms with E-state index in [0.29, 0.717) is 6.42 Å². The van der Waals surface area contributed by atoms with Crippen LogP contribution in [0, 0.1) is 0 Å². The number of methoxy groups -OCH3 is 1. The molecule has 0 saturated heterocycles. The normalized spacial score (nSPS) is 22.3. The van der Waals surface area contributed by atoms with Crippen molar-refractivity contribution in [3.8, 4) is 0 Å². The van der Waals surface area contributed by atoms with Crippen molar-refractivity contribution in [3.63, 3.8) is 0 Å². The van der Waals surface area contributed by atoms with Crippen molar-refractivity contribution in [2.45, 2.75) is 37.6 Å². The lowest BCUT2D eigenvalue weighted by atomic mass is 10.1. The Morgan fingerprint density at radius 2 is 2.10 bits per heavy atom. The number of hydrogen-bond donors (Lipinski definition) is 2. The van der Waals surface area contributed by atoms with Gasteiger partial charge in [0.1, 0.15) is 0 Å². The topological polar surface area (TPSA) is 64.3 Å². The van der Waals surface area contributed by atoms with Gasteiger partial charge in [0.15, 0.2) is 0 Å². The molecular weight excluding hydrogens is 285 g/mol. The summed E-state index contributed by atoms with van der Waals surface area (Å²) in [6.07, 6.45) is -2.28. The van der Waals surface area contributed by atoms with Crippen LogP contribution < -0.4 is 11.1 Å². The van der Waals surface area contributed by atoms with E-state index in [9.17, 15) is 18.0 Å². The molecule has 1 aliphatic rings. The molecule has 0 bridgehead atoms. The molecule has 1 fully saturated rings. The summed E-state index contributed by atoms with van der Waals surface area (Å²) < 4.78 is 43.5. The third-order valence-corrected chi connectivity index (χ3v) is 3.71. The third-order valence-electron chi connectivity index (χ3n) is 3.71. The number of amides is 1. The van der Waals surface area contributed by atoms with Crippen LogP contribution in [0.5, 0.6) is 0 Å². The summed E-state index contributed by atoms with van der Waals surface area (Å²) in [5.74, 6) is -0.583. The number of hydrogen-bond acceptors (Lipinski definition) is 3. The van der Waals surface area contributed by atoms with E-state index in [2.05, 4.69) is 5.32 Å². The van der Waals surface area contributed by atoms with E-state index in [4.69, 9.17) is 10.5 Å². The predicted molar refractivity (Wildman–Crippen MR) is 71.8 cm³/mol. The lowest BCUT2D eigenvalue weighted by molar-refractivity contribution is -0.136. The van der Waals surface area contributed by atoms with Crippen molar-refractivity contribution in [1.82, 2.24) is 5.32 Å². The second-order valence-corrected chi connectivity index (χ2v) is 5.11. The SMILES string of the molecule is COC1CCC(NC(=O)c2cccc(C(F)(F)F)c2N)C1. The molecule has 0 heterocycles. The molecule has 2 atom stereocenters. The van der Waals surface area contributed by atoms with Gasteiger partial charge in [-0.05, 0) is 31.4 Å². The molecule has 3 N–H and O–H groups in total. The van der Waals surface area contributed by atoms with E-state index >= 15 is 0 Å². The first-order valence-electron chi connectivity index (χ1n) is 6.62. The van der Waals surface area contributed by atoms with E-state index in [1.807, 2.05) is 0 Å². The fourth-order valence-corrected chi connectivity index (χ4v) is 2.56. The molecule has 0 radical (unpaired) electrons. The number of rotatable bonds is 3. The first-order valence-corrected chi connectivity index (χ1v) is 6.62. The summed E-state index contributed by atoms with van der Waals surface area (Å²) in [5.41, 5.74) is 3.82. The Hall–Kier alpha value is -1.76. The first-order chi connectivity index (χ1) is 9.82. The molecule has 1 amide bonds. The predicted octanol–water partition coefficient (Wildman–Crippen LogP) is 2.58. The Morgan fingerprint density at radius 3 is 2.67 bits per heavy atom. The molecule has 0 aliphatic heterocycles. The van der Waals surface area contributed by atoms with Crippen LogP contribution in [0.15, 0.2) is 18.2 Å². The summed E-state index contributed by atoms with van der Waals surface area (Å²) in [6.45, 7) is 0. The Kier molecular flexibility index (Phi) is 4.41. The van der Waals surface area contributed by atoms with E-state index < -0.39 is 23.3 Å². The molecule has 116 valence electrons. The highest BCUT2D eigenvalue weighted by Crippen LogP contribution is 2.35. The van der Waals surface area contributed by atoms with Gasteiger partial charge in [0.05, 0.1) is 22.9 Å². The molecular formula is C14H17F3N2O2. The highest BCUT2D eigenvalue weighted by Gasteiger charge is 2.34. The van der Waals surface area contributed by atoms with Crippen LogP contribution in [0.25, 0.3) is 0 Å². The highest BCUT2D eigenvalue weighted by atomic mass is 19.4. The second kappa shape index (κ2) is 5.93. The van der Waals surface area contributed by atoms with Crippen LogP contribution in [0.3, 0.4) is 0 Å². The summed E-state index contributed by atoms with van der Waals surface area (Å²) in [4.78, 5) is 12.1. The number of halogens is 3. The number of nitrogen functional groups attached to an aromatic ring is 1. The van der Waals surface area contributed by atoms with E-state index in [0.717, 1.165) is 18.9 Å². The molecule has 0 spiro atoms. The fourth-order valence-electron chi connectivity index (χ4n) is 2.56. The summed E-state index contributed by atoms with van der Waals surface area (Å²) in [7, 11) is 1.60. The maximum Gasteiger partial charge on any atom is 0.418 e. The molecule has 1 aliphatic carbocycles. The van der Waals surface area contributed by atoms with Crippen LogP contribution in [0.4, 0.5) is 18.9 Å². The lowest BCUT2D eigenvalue weighted by Crippen LogP contribution is -2.34. The van der Waals surface area contributed by atoms with Crippen LogP contribution in [-0.2, 0) is 10.9 Å². The van der Waals surface area contributed by atoms with Gasteiger partial charge in [0.25, 0.3) is 5.91 Å². The molecule has 2 unspecified atom stereocenters. The Morgan fingerprint density at radius 1 is 1.38 bits per heavy atom. The number of para-hydroxylation sites is 1. The van der Waals surface area contributed by atoms with Gasteiger partial charge in [-0.3, -0.25) is 4.79 Å². The van der Waals surface area contributed by atoms with Gasteiger partial charge in [0.2, 0.25) is 0 Å². The standard InChI is InChI=1S/C14H17F3N2O2/c1-21-9-6-5-8(7-9)19-13(20)10-3-2-4-11(12(10)18)14(15,16)17/h2-4,8-9H,5-7,18H2,1H3,(H,19,20). The second-order valence-electron chi connectivity index (χ2n) is 5.11. The van der Waals surface area contributed by atoms with Crippen LogP contribution >= 0.6 is 0 Å². The van der Waals surface area contributed by atoms with Crippen molar-refractivity contribution in [1.29, 1.82) is 0 Å². The largest absolute Gasteiger partial charge is 0.418 e. The van der Waals surface area contributed by atoms with Crippen molar-refractivity contribution >= 4 is 11.6 Å². The molecule has 2 rings (SSSR count). The molecule has 0 aromatic heterocycles. The van der Waals surface area contributed by atoms with E-state index in [1.54, 1.807) is 7.11 Å². The van der Waals surface area contributed by atoms with Crippen LogP contribution in [0.1, 0.15) is 35.2 Å². The molecule has 1 saturated carbocycles.